The number of benzene rings is 1. The number of hydrogen-bond acceptors (Lipinski definition) is 6. The van der Waals surface area contributed by atoms with Crippen molar-refractivity contribution in [1.82, 2.24) is 5.32 Å². The number of rotatable bonds is 7. The SMILES string of the molecule is COc1ccc(C(=O)OCC(=O)N[C@@H]2CCC[C@@H](C)[C@H]2C)c(OC)c1OC. The van der Waals surface area contributed by atoms with Gasteiger partial charge in [0.1, 0.15) is 5.56 Å². The standard InChI is InChI=1S/C20H29NO6/c1-12-7-6-8-15(13(12)2)21-17(22)11-27-20(23)14-9-10-16(24-3)19(26-5)18(14)25-4/h9-10,12-13,15H,6-8,11H2,1-5H3,(H,21,22)/t12-,13-,15-/m1/s1. The lowest BCUT2D eigenvalue weighted by atomic mass is 9.78. The van der Waals surface area contributed by atoms with Gasteiger partial charge in [0, 0.05) is 6.04 Å². The monoisotopic (exact) mass is 379 g/mol. The van der Waals surface area contributed by atoms with Gasteiger partial charge in [-0.1, -0.05) is 26.7 Å². The molecule has 1 aromatic rings. The molecular weight excluding hydrogens is 350 g/mol. The van der Waals surface area contributed by atoms with Gasteiger partial charge in [0.2, 0.25) is 5.75 Å². The molecule has 3 atom stereocenters. The largest absolute Gasteiger partial charge is 0.493 e. The minimum Gasteiger partial charge on any atom is -0.493 e. The van der Waals surface area contributed by atoms with Crippen LogP contribution in [0.1, 0.15) is 43.5 Å². The third-order valence-electron chi connectivity index (χ3n) is 5.31. The van der Waals surface area contributed by atoms with Crippen molar-refractivity contribution in [2.24, 2.45) is 11.8 Å². The summed E-state index contributed by atoms with van der Waals surface area (Å²) in [6.45, 7) is 4.01. The van der Waals surface area contributed by atoms with Gasteiger partial charge in [0.05, 0.1) is 21.3 Å². The molecule has 2 rings (SSSR count). The number of carbonyl (C=O) groups excluding carboxylic acids is 2. The molecule has 1 N–H and O–H groups in total. The minimum absolute atomic E-state index is 0.121. The van der Waals surface area contributed by atoms with Gasteiger partial charge in [-0.2, -0.15) is 0 Å². The maximum Gasteiger partial charge on any atom is 0.342 e. The van der Waals surface area contributed by atoms with Crippen molar-refractivity contribution >= 4 is 11.9 Å². The first-order valence-electron chi connectivity index (χ1n) is 9.18. The summed E-state index contributed by atoms with van der Waals surface area (Å²) in [5.74, 6) is 0.957. The molecule has 150 valence electrons. The van der Waals surface area contributed by atoms with E-state index < -0.39 is 5.97 Å². The molecule has 7 heteroatoms. The third-order valence-corrected chi connectivity index (χ3v) is 5.31. The van der Waals surface area contributed by atoms with Crippen molar-refractivity contribution in [2.45, 2.75) is 39.2 Å². The van der Waals surface area contributed by atoms with Gasteiger partial charge in [0.15, 0.2) is 18.1 Å². The second kappa shape index (κ2) is 9.48. The zero-order chi connectivity index (χ0) is 20.0. The lowest BCUT2D eigenvalue weighted by molar-refractivity contribution is -0.125. The van der Waals surface area contributed by atoms with Crippen LogP contribution >= 0.6 is 0 Å². The van der Waals surface area contributed by atoms with E-state index >= 15 is 0 Å². The molecule has 1 saturated carbocycles. The molecule has 1 aliphatic carbocycles. The molecule has 27 heavy (non-hydrogen) atoms. The second-order valence-corrected chi connectivity index (χ2v) is 6.90. The van der Waals surface area contributed by atoms with Crippen LogP contribution in [0.25, 0.3) is 0 Å². The van der Waals surface area contributed by atoms with E-state index in [1.807, 2.05) is 0 Å². The first-order chi connectivity index (χ1) is 12.9. The Hall–Kier alpha value is -2.44. The van der Waals surface area contributed by atoms with E-state index in [0.717, 1.165) is 12.8 Å². The Morgan fingerprint density at radius 3 is 2.37 bits per heavy atom. The van der Waals surface area contributed by atoms with Gasteiger partial charge in [0.25, 0.3) is 5.91 Å². The summed E-state index contributed by atoms with van der Waals surface area (Å²) < 4.78 is 20.9. The van der Waals surface area contributed by atoms with Crippen LogP contribution in [0.4, 0.5) is 0 Å². The molecule has 0 unspecified atom stereocenters. The maximum absolute atomic E-state index is 12.4. The molecule has 0 heterocycles. The predicted molar refractivity (Wildman–Crippen MR) is 100 cm³/mol. The Labute approximate surface area is 160 Å². The van der Waals surface area contributed by atoms with Crippen LogP contribution in [-0.2, 0) is 9.53 Å². The van der Waals surface area contributed by atoms with Gasteiger partial charge >= 0.3 is 5.97 Å². The van der Waals surface area contributed by atoms with Crippen molar-refractivity contribution in [2.75, 3.05) is 27.9 Å². The molecule has 1 aliphatic rings. The van der Waals surface area contributed by atoms with E-state index in [2.05, 4.69) is 19.2 Å². The fraction of sp³-hybridized carbons (Fsp3) is 0.600. The topological polar surface area (TPSA) is 83.1 Å². The molecule has 1 aromatic carbocycles. The average Bonchev–Trinajstić information content (AvgIpc) is 2.68. The van der Waals surface area contributed by atoms with E-state index in [1.165, 1.54) is 33.8 Å². The Balaban J connectivity index is 2.00. The zero-order valence-electron chi connectivity index (χ0n) is 16.7. The Morgan fingerprint density at radius 2 is 1.74 bits per heavy atom. The number of amides is 1. The minimum atomic E-state index is -0.659. The van der Waals surface area contributed by atoms with Crippen LogP contribution in [0.15, 0.2) is 12.1 Å². The molecule has 0 aromatic heterocycles. The lowest BCUT2D eigenvalue weighted by Crippen LogP contribution is -2.45. The van der Waals surface area contributed by atoms with Crippen molar-refractivity contribution < 1.29 is 28.5 Å². The summed E-state index contributed by atoms with van der Waals surface area (Å²) in [4.78, 5) is 24.6. The molecule has 0 bridgehead atoms. The first-order valence-corrected chi connectivity index (χ1v) is 9.18. The lowest BCUT2D eigenvalue weighted by Gasteiger charge is -2.34. The number of nitrogens with one attached hydrogen (secondary N) is 1. The molecule has 1 fully saturated rings. The summed E-state index contributed by atoms with van der Waals surface area (Å²) in [7, 11) is 4.37. The van der Waals surface area contributed by atoms with Crippen molar-refractivity contribution in [3.8, 4) is 17.2 Å². The van der Waals surface area contributed by atoms with Crippen LogP contribution in [0.5, 0.6) is 17.2 Å². The van der Waals surface area contributed by atoms with E-state index in [9.17, 15) is 9.59 Å². The van der Waals surface area contributed by atoms with E-state index in [0.29, 0.717) is 23.3 Å². The number of hydrogen-bond donors (Lipinski definition) is 1. The van der Waals surface area contributed by atoms with E-state index in [-0.39, 0.29) is 29.9 Å². The fourth-order valence-electron chi connectivity index (χ4n) is 3.51. The first kappa shape index (κ1) is 20.9. The Bertz CT molecular complexity index is 675. The van der Waals surface area contributed by atoms with Gasteiger partial charge in [-0.3, -0.25) is 4.79 Å². The number of ether oxygens (including phenoxy) is 4. The highest BCUT2D eigenvalue weighted by Crippen LogP contribution is 2.40. The fourth-order valence-corrected chi connectivity index (χ4v) is 3.51. The van der Waals surface area contributed by atoms with Crippen LogP contribution in [-0.4, -0.2) is 45.9 Å². The second-order valence-electron chi connectivity index (χ2n) is 6.90. The smallest absolute Gasteiger partial charge is 0.342 e. The van der Waals surface area contributed by atoms with Crippen molar-refractivity contribution in [3.63, 3.8) is 0 Å². The van der Waals surface area contributed by atoms with Crippen LogP contribution in [0.2, 0.25) is 0 Å². The molecule has 1 amide bonds. The third kappa shape index (κ3) is 4.84. The van der Waals surface area contributed by atoms with Crippen molar-refractivity contribution in [3.05, 3.63) is 17.7 Å². The van der Waals surface area contributed by atoms with Gasteiger partial charge < -0.3 is 24.3 Å². The van der Waals surface area contributed by atoms with Gasteiger partial charge in [-0.05, 0) is 30.4 Å². The average molecular weight is 379 g/mol. The highest BCUT2D eigenvalue weighted by Gasteiger charge is 2.28. The number of carbonyl (C=O) groups is 2. The normalized spacial score (nSPS) is 21.9. The molecule has 0 saturated heterocycles. The van der Waals surface area contributed by atoms with Crippen LogP contribution in [0.3, 0.4) is 0 Å². The molecular formula is C20H29NO6. The van der Waals surface area contributed by atoms with Gasteiger partial charge in [-0.15, -0.1) is 0 Å². The molecule has 0 radical (unpaired) electrons. The summed E-state index contributed by atoms with van der Waals surface area (Å²) >= 11 is 0. The highest BCUT2D eigenvalue weighted by molar-refractivity contribution is 5.95. The quantitative estimate of drug-likeness (QED) is 0.734. The molecule has 0 spiro atoms. The van der Waals surface area contributed by atoms with Crippen LogP contribution < -0.4 is 19.5 Å². The van der Waals surface area contributed by atoms with Crippen LogP contribution in [0, 0.1) is 11.8 Å². The van der Waals surface area contributed by atoms with E-state index in [1.54, 1.807) is 6.07 Å². The summed E-state index contributed by atoms with van der Waals surface area (Å²) in [5, 5.41) is 2.98. The Morgan fingerprint density at radius 1 is 1.04 bits per heavy atom. The zero-order valence-corrected chi connectivity index (χ0v) is 16.7. The van der Waals surface area contributed by atoms with Crippen molar-refractivity contribution in [1.29, 1.82) is 0 Å². The summed E-state index contributed by atoms with van der Waals surface area (Å²) in [5.41, 5.74) is 0.169. The molecule has 0 aliphatic heterocycles. The maximum atomic E-state index is 12.4. The molecule has 7 nitrogen and oxygen atoms in total. The summed E-state index contributed by atoms with van der Waals surface area (Å²) in [6, 6.07) is 3.23. The Kier molecular flexibility index (Phi) is 7.33. The van der Waals surface area contributed by atoms with E-state index in [4.69, 9.17) is 18.9 Å². The predicted octanol–water partition coefficient (Wildman–Crippen LogP) is 2.81. The highest BCUT2D eigenvalue weighted by atomic mass is 16.5. The van der Waals surface area contributed by atoms with Gasteiger partial charge in [-0.25, -0.2) is 4.79 Å². The number of esters is 1. The summed E-state index contributed by atoms with van der Waals surface area (Å²) in [6.07, 6.45) is 3.23. The number of methoxy groups -OCH3 is 3.